The number of nitrogens with one attached hydrogen (secondary N) is 1. The molecule has 1 N–H and O–H groups in total. The molecule has 0 aliphatic carbocycles. The maximum absolute atomic E-state index is 8.56. The number of rotatable bonds is 4. The summed E-state index contributed by atoms with van der Waals surface area (Å²) in [6.07, 6.45) is 0. The van der Waals surface area contributed by atoms with Gasteiger partial charge in [0.1, 0.15) is 23.4 Å². The topological polar surface area (TPSA) is 70.9 Å². The summed E-state index contributed by atoms with van der Waals surface area (Å²) >= 11 is 3.44. The lowest BCUT2D eigenvalue weighted by Crippen LogP contribution is -1.95. The first kappa shape index (κ1) is 14.4. The average Bonchev–Trinajstić information content (AvgIpc) is 2.95. The van der Waals surface area contributed by atoms with E-state index >= 15 is 0 Å². The molecule has 0 saturated heterocycles. The standard InChI is InChI=1S/C16H12BrN3O2/c1-21-15-9-11(22-7-6-18)3-4-12(15)16-19-13-5-2-10(17)8-14(13)20-16/h2-5,8-9H,7H2,1H3,(H,19,20). The maximum Gasteiger partial charge on any atom is 0.174 e. The molecule has 2 aromatic carbocycles. The van der Waals surface area contributed by atoms with Crippen molar-refractivity contribution >= 4 is 27.0 Å². The Hall–Kier alpha value is -2.52. The van der Waals surface area contributed by atoms with Gasteiger partial charge in [0.25, 0.3) is 0 Å². The molecule has 0 spiro atoms. The second-order valence-electron chi connectivity index (χ2n) is 4.56. The molecule has 5 nitrogen and oxygen atoms in total. The van der Waals surface area contributed by atoms with Crippen molar-refractivity contribution in [3.63, 3.8) is 0 Å². The molecule has 0 bridgehead atoms. The fourth-order valence-electron chi connectivity index (χ4n) is 2.18. The summed E-state index contributed by atoms with van der Waals surface area (Å²) in [4.78, 5) is 7.86. The number of hydrogen-bond donors (Lipinski definition) is 1. The predicted octanol–water partition coefficient (Wildman–Crippen LogP) is 3.90. The Kier molecular flexibility index (Phi) is 3.98. The highest BCUT2D eigenvalue weighted by atomic mass is 79.9. The quantitative estimate of drug-likeness (QED) is 0.768. The summed E-state index contributed by atoms with van der Waals surface area (Å²) in [5, 5.41) is 8.56. The van der Waals surface area contributed by atoms with Crippen LogP contribution in [-0.2, 0) is 0 Å². The van der Waals surface area contributed by atoms with Crippen LogP contribution in [0.4, 0.5) is 0 Å². The highest BCUT2D eigenvalue weighted by molar-refractivity contribution is 9.10. The highest BCUT2D eigenvalue weighted by Crippen LogP contribution is 2.33. The van der Waals surface area contributed by atoms with Crippen molar-refractivity contribution in [3.05, 3.63) is 40.9 Å². The van der Waals surface area contributed by atoms with Gasteiger partial charge in [0.05, 0.1) is 23.7 Å². The van der Waals surface area contributed by atoms with Crippen LogP contribution >= 0.6 is 15.9 Å². The molecule has 3 aromatic rings. The van der Waals surface area contributed by atoms with E-state index in [4.69, 9.17) is 14.7 Å². The fourth-order valence-corrected chi connectivity index (χ4v) is 2.53. The minimum atomic E-state index is 0.00116. The first-order chi connectivity index (χ1) is 10.7. The summed E-state index contributed by atoms with van der Waals surface area (Å²) in [5.74, 6) is 1.94. The number of nitrogens with zero attached hydrogens (tertiary/aromatic N) is 2. The number of H-pyrrole nitrogens is 1. The normalized spacial score (nSPS) is 10.4. The van der Waals surface area contributed by atoms with E-state index in [1.807, 2.05) is 30.3 Å². The number of halogens is 1. The molecular weight excluding hydrogens is 346 g/mol. The molecule has 0 radical (unpaired) electrons. The molecule has 0 amide bonds. The molecule has 1 heterocycles. The van der Waals surface area contributed by atoms with Crippen molar-refractivity contribution in [1.82, 2.24) is 9.97 Å². The van der Waals surface area contributed by atoms with Gasteiger partial charge in [-0.15, -0.1) is 0 Å². The van der Waals surface area contributed by atoms with Crippen LogP contribution in [0.25, 0.3) is 22.4 Å². The second kappa shape index (κ2) is 6.08. The molecule has 0 aliphatic heterocycles. The number of nitriles is 1. The van der Waals surface area contributed by atoms with E-state index in [2.05, 4.69) is 25.9 Å². The zero-order valence-corrected chi connectivity index (χ0v) is 13.3. The Balaban J connectivity index is 2.03. The lowest BCUT2D eigenvalue weighted by Gasteiger charge is -2.08. The van der Waals surface area contributed by atoms with Crippen LogP contribution in [0.3, 0.4) is 0 Å². The molecule has 22 heavy (non-hydrogen) atoms. The van der Waals surface area contributed by atoms with Crippen molar-refractivity contribution in [3.8, 4) is 29.0 Å². The van der Waals surface area contributed by atoms with Crippen LogP contribution < -0.4 is 9.47 Å². The molecule has 0 atom stereocenters. The molecule has 110 valence electrons. The molecule has 1 aromatic heterocycles. The van der Waals surface area contributed by atoms with Crippen LogP contribution in [0.5, 0.6) is 11.5 Å². The van der Waals surface area contributed by atoms with Crippen LogP contribution in [-0.4, -0.2) is 23.7 Å². The Morgan fingerprint density at radius 1 is 1.27 bits per heavy atom. The van der Waals surface area contributed by atoms with Crippen LogP contribution in [0.15, 0.2) is 40.9 Å². The summed E-state index contributed by atoms with van der Waals surface area (Å²) < 4.78 is 11.7. The number of methoxy groups -OCH3 is 1. The summed E-state index contributed by atoms with van der Waals surface area (Å²) in [5.41, 5.74) is 2.65. The molecule has 0 saturated carbocycles. The number of aromatic amines is 1. The van der Waals surface area contributed by atoms with Crippen molar-refractivity contribution in [1.29, 1.82) is 5.26 Å². The second-order valence-corrected chi connectivity index (χ2v) is 5.47. The van der Waals surface area contributed by atoms with E-state index in [-0.39, 0.29) is 6.61 Å². The van der Waals surface area contributed by atoms with E-state index in [1.165, 1.54) is 0 Å². The monoisotopic (exact) mass is 357 g/mol. The van der Waals surface area contributed by atoms with Gasteiger partial charge < -0.3 is 14.5 Å². The van der Waals surface area contributed by atoms with Crippen LogP contribution in [0.2, 0.25) is 0 Å². The minimum Gasteiger partial charge on any atom is -0.496 e. The number of imidazole rings is 1. The molecular formula is C16H12BrN3O2. The van der Waals surface area contributed by atoms with Gasteiger partial charge in [-0.2, -0.15) is 5.26 Å². The maximum atomic E-state index is 8.56. The minimum absolute atomic E-state index is 0.00116. The molecule has 0 fully saturated rings. The van der Waals surface area contributed by atoms with Gasteiger partial charge in [-0.3, -0.25) is 0 Å². The zero-order chi connectivity index (χ0) is 15.5. The Bertz CT molecular complexity index is 867. The molecule has 0 unspecified atom stereocenters. The van der Waals surface area contributed by atoms with E-state index in [9.17, 15) is 0 Å². The summed E-state index contributed by atoms with van der Waals surface area (Å²) in [6, 6.07) is 13.2. The Labute approximate surface area is 135 Å². The zero-order valence-electron chi connectivity index (χ0n) is 11.8. The van der Waals surface area contributed by atoms with Crippen molar-refractivity contribution in [2.24, 2.45) is 0 Å². The van der Waals surface area contributed by atoms with Gasteiger partial charge >= 0.3 is 0 Å². The van der Waals surface area contributed by atoms with Crippen molar-refractivity contribution in [2.45, 2.75) is 0 Å². The summed E-state index contributed by atoms with van der Waals surface area (Å²) in [6.45, 7) is 0.00116. The van der Waals surface area contributed by atoms with Gasteiger partial charge in [0.2, 0.25) is 0 Å². The first-order valence-corrected chi connectivity index (χ1v) is 7.34. The first-order valence-electron chi connectivity index (χ1n) is 6.54. The van der Waals surface area contributed by atoms with Crippen molar-refractivity contribution in [2.75, 3.05) is 13.7 Å². The third-order valence-corrected chi connectivity index (χ3v) is 3.67. The fraction of sp³-hybridized carbons (Fsp3) is 0.125. The molecule has 0 aliphatic rings. The smallest absolute Gasteiger partial charge is 0.174 e. The van der Waals surface area contributed by atoms with Gasteiger partial charge in [0.15, 0.2) is 6.61 Å². The van der Waals surface area contributed by atoms with E-state index < -0.39 is 0 Å². The molecule has 6 heteroatoms. The van der Waals surface area contributed by atoms with E-state index in [1.54, 1.807) is 19.2 Å². The summed E-state index contributed by atoms with van der Waals surface area (Å²) in [7, 11) is 1.59. The van der Waals surface area contributed by atoms with Gasteiger partial charge in [-0.1, -0.05) is 15.9 Å². The number of ether oxygens (including phenoxy) is 2. The predicted molar refractivity (Wildman–Crippen MR) is 86.9 cm³/mol. The lowest BCUT2D eigenvalue weighted by molar-refractivity contribution is 0.361. The van der Waals surface area contributed by atoms with Crippen LogP contribution in [0.1, 0.15) is 0 Å². The SMILES string of the molecule is COc1cc(OCC#N)ccc1-c1nc2cc(Br)ccc2[nH]1. The number of aromatic nitrogens is 2. The van der Waals surface area contributed by atoms with Gasteiger partial charge in [-0.25, -0.2) is 4.98 Å². The highest BCUT2D eigenvalue weighted by Gasteiger charge is 2.12. The number of benzene rings is 2. The van der Waals surface area contributed by atoms with Gasteiger partial charge in [-0.05, 0) is 30.3 Å². The third kappa shape index (κ3) is 2.76. The Morgan fingerprint density at radius 2 is 2.14 bits per heavy atom. The van der Waals surface area contributed by atoms with Crippen molar-refractivity contribution < 1.29 is 9.47 Å². The van der Waals surface area contributed by atoms with E-state index in [0.29, 0.717) is 11.5 Å². The van der Waals surface area contributed by atoms with Gasteiger partial charge in [0, 0.05) is 10.5 Å². The third-order valence-electron chi connectivity index (χ3n) is 3.18. The number of hydrogen-bond acceptors (Lipinski definition) is 4. The number of fused-ring (bicyclic) bond motifs is 1. The Morgan fingerprint density at radius 3 is 2.91 bits per heavy atom. The van der Waals surface area contributed by atoms with Crippen LogP contribution in [0, 0.1) is 11.3 Å². The largest absolute Gasteiger partial charge is 0.496 e. The molecule has 3 rings (SSSR count). The van der Waals surface area contributed by atoms with E-state index in [0.717, 1.165) is 26.9 Å². The lowest BCUT2D eigenvalue weighted by atomic mass is 10.2. The average molecular weight is 358 g/mol.